The normalized spacial score (nSPS) is 15.1. The molecule has 0 spiro atoms. The summed E-state index contributed by atoms with van der Waals surface area (Å²) in [6.07, 6.45) is 2.85. The highest BCUT2D eigenvalue weighted by Crippen LogP contribution is 2.27. The van der Waals surface area contributed by atoms with E-state index in [1.807, 2.05) is 0 Å². The molecule has 1 atom stereocenters. The van der Waals surface area contributed by atoms with Crippen LogP contribution >= 0.6 is 0 Å². The summed E-state index contributed by atoms with van der Waals surface area (Å²) in [6, 6.07) is 0. The van der Waals surface area contributed by atoms with Gasteiger partial charge >= 0.3 is 0 Å². The number of alkyl halides is 1. The molecule has 0 fully saturated rings. The van der Waals surface area contributed by atoms with Crippen molar-refractivity contribution in [3.63, 3.8) is 0 Å². The maximum absolute atomic E-state index is 13.7. The molecule has 0 aromatic carbocycles. The van der Waals surface area contributed by atoms with E-state index >= 15 is 0 Å². The summed E-state index contributed by atoms with van der Waals surface area (Å²) >= 11 is 0. The topological polar surface area (TPSA) is 61.0 Å². The smallest absolute Gasteiger partial charge is 0.238 e. The van der Waals surface area contributed by atoms with Crippen LogP contribution in [0.25, 0.3) is 0 Å². The minimum atomic E-state index is -1.69. The molecule has 5 heteroatoms. The second-order valence-electron chi connectivity index (χ2n) is 2.82. The predicted octanol–water partition coefficient (Wildman–Crippen LogP) is 0.629. The fourth-order valence-electron chi connectivity index (χ4n) is 0.929. The van der Waals surface area contributed by atoms with E-state index < -0.39 is 5.67 Å². The van der Waals surface area contributed by atoms with Crippen molar-refractivity contribution in [1.29, 1.82) is 0 Å². The lowest BCUT2D eigenvalue weighted by Crippen LogP contribution is -2.28. The van der Waals surface area contributed by atoms with Gasteiger partial charge < -0.3 is 10.5 Å². The first-order valence-corrected chi connectivity index (χ1v) is 3.86. The molecule has 1 heterocycles. The number of rotatable bonds is 3. The van der Waals surface area contributed by atoms with E-state index in [0.29, 0.717) is 0 Å². The second-order valence-corrected chi connectivity index (χ2v) is 2.82. The Kier molecular flexibility index (Phi) is 2.77. The Hall–Kier alpha value is -1.23. The monoisotopic (exact) mass is 185 g/mol. The number of nitrogens with zero attached hydrogens (tertiary/aromatic N) is 2. The van der Waals surface area contributed by atoms with Crippen molar-refractivity contribution in [3.8, 4) is 5.88 Å². The molecule has 0 aliphatic heterocycles. The Morgan fingerprint density at radius 3 is 2.69 bits per heavy atom. The summed E-state index contributed by atoms with van der Waals surface area (Å²) in [5.74, 6) is 0.179. The van der Waals surface area contributed by atoms with Gasteiger partial charge in [-0.05, 0) is 6.92 Å². The number of aromatic nitrogens is 2. The van der Waals surface area contributed by atoms with Gasteiger partial charge in [0, 0.05) is 18.9 Å². The Morgan fingerprint density at radius 1 is 1.54 bits per heavy atom. The molecule has 2 N–H and O–H groups in total. The van der Waals surface area contributed by atoms with Gasteiger partial charge in [0.15, 0.2) is 5.67 Å². The van der Waals surface area contributed by atoms with E-state index in [0.717, 1.165) is 0 Å². The van der Waals surface area contributed by atoms with Crippen LogP contribution in [0.15, 0.2) is 12.4 Å². The zero-order valence-corrected chi connectivity index (χ0v) is 7.62. The van der Waals surface area contributed by atoms with E-state index in [1.54, 1.807) is 0 Å². The molecule has 0 bridgehead atoms. The number of hydrogen-bond donors (Lipinski definition) is 1. The molecule has 0 amide bonds. The van der Waals surface area contributed by atoms with Crippen molar-refractivity contribution in [1.82, 2.24) is 9.97 Å². The van der Waals surface area contributed by atoms with Crippen molar-refractivity contribution >= 4 is 0 Å². The highest BCUT2D eigenvalue weighted by molar-refractivity contribution is 5.23. The van der Waals surface area contributed by atoms with Crippen LogP contribution in [-0.2, 0) is 5.67 Å². The molecule has 13 heavy (non-hydrogen) atoms. The summed E-state index contributed by atoms with van der Waals surface area (Å²) in [7, 11) is 1.42. The molecule has 1 unspecified atom stereocenters. The Balaban J connectivity index is 3.12. The molecular weight excluding hydrogens is 173 g/mol. The van der Waals surface area contributed by atoms with Crippen molar-refractivity contribution < 1.29 is 9.13 Å². The molecule has 1 aromatic rings. The van der Waals surface area contributed by atoms with Crippen molar-refractivity contribution in [2.24, 2.45) is 5.73 Å². The van der Waals surface area contributed by atoms with Crippen LogP contribution in [-0.4, -0.2) is 23.6 Å². The molecule has 0 saturated carbocycles. The van der Waals surface area contributed by atoms with Gasteiger partial charge in [0.25, 0.3) is 0 Å². The fourth-order valence-corrected chi connectivity index (χ4v) is 0.929. The maximum Gasteiger partial charge on any atom is 0.238 e. The van der Waals surface area contributed by atoms with Gasteiger partial charge in [-0.2, -0.15) is 0 Å². The minimum absolute atomic E-state index is 0.139. The lowest BCUT2D eigenvalue weighted by atomic mass is 10.1. The average molecular weight is 185 g/mol. The molecule has 0 aliphatic carbocycles. The molecule has 1 aromatic heterocycles. The zero-order valence-electron chi connectivity index (χ0n) is 7.62. The van der Waals surface area contributed by atoms with Crippen LogP contribution in [0.2, 0.25) is 0 Å². The summed E-state index contributed by atoms with van der Waals surface area (Å²) in [6.45, 7) is 1.20. The van der Waals surface area contributed by atoms with Gasteiger partial charge in [0.2, 0.25) is 5.88 Å². The molecule has 1 rings (SSSR count). The van der Waals surface area contributed by atoms with E-state index in [9.17, 15) is 4.39 Å². The molecule has 72 valence electrons. The number of ether oxygens (including phenoxy) is 1. The summed E-state index contributed by atoms with van der Waals surface area (Å²) in [5, 5.41) is 0. The second kappa shape index (κ2) is 3.66. The number of methoxy groups -OCH3 is 1. The minimum Gasteiger partial charge on any atom is -0.480 e. The van der Waals surface area contributed by atoms with Gasteiger partial charge in [-0.3, -0.25) is 4.98 Å². The van der Waals surface area contributed by atoms with Crippen LogP contribution in [0, 0.1) is 0 Å². The molecule has 0 radical (unpaired) electrons. The lowest BCUT2D eigenvalue weighted by Gasteiger charge is -2.18. The lowest BCUT2D eigenvalue weighted by molar-refractivity contribution is 0.187. The first-order chi connectivity index (χ1) is 6.11. The molecule has 0 aliphatic rings. The molecule has 4 nitrogen and oxygen atoms in total. The zero-order chi connectivity index (χ0) is 9.90. The number of hydrogen-bond acceptors (Lipinski definition) is 4. The predicted molar refractivity (Wildman–Crippen MR) is 46.1 cm³/mol. The molecular formula is C8H12FN3O. The third kappa shape index (κ3) is 1.92. The van der Waals surface area contributed by atoms with E-state index in [4.69, 9.17) is 10.5 Å². The Morgan fingerprint density at radius 2 is 2.15 bits per heavy atom. The standard InChI is InChI=1S/C8H12FN3O/c1-8(9,5-10)6-7(13-2)12-4-3-11-6/h3-4H,5,10H2,1-2H3. The number of halogens is 1. The SMILES string of the molecule is COc1nccnc1C(C)(F)CN. The summed E-state index contributed by atoms with van der Waals surface area (Å²) in [4.78, 5) is 7.68. The van der Waals surface area contributed by atoms with E-state index in [2.05, 4.69) is 9.97 Å². The van der Waals surface area contributed by atoms with Gasteiger partial charge in [-0.15, -0.1) is 0 Å². The highest BCUT2D eigenvalue weighted by atomic mass is 19.1. The van der Waals surface area contributed by atoms with Crippen molar-refractivity contribution in [3.05, 3.63) is 18.1 Å². The van der Waals surface area contributed by atoms with E-state index in [1.165, 1.54) is 26.4 Å². The third-order valence-electron chi connectivity index (χ3n) is 1.74. The molecule has 0 saturated heterocycles. The van der Waals surface area contributed by atoms with Crippen LogP contribution in [0.5, 0.6) is 5.88 Å². The van der Waals surface area contributed by atoms with Crippen LogP contribution < -0.4 is 10.5 Å². The maximum atomic E-state index is 13.7. The quantitative estimate of drug-likeness (QED) is 0.750. The number of nitrogens with two attached hydrogens (primary N) is 1. The summed E-state index contributed by atoms with van der Waals surface area (Å²) in [5.41, 5.74) is 3.71. The fraction of sp³-hybridized carbons (Fsp3) is 0.500. The van der Waals surface area contributed by atoms with Crippen LogP contribution in [0.1, 0.15) is 12.6 Å². The van der Waals surface area contributed by atoms with Crippen molar-refractivity contribution in [2.45, 2.75) is 12.6 Å². The third-order valence-corrected chi connectivity index (χ3v) is 1.74. The van der Waals surface area contributed by atoms with Crippen LogP contribution in [0.4, 0.5) is 4.39 Å². The Bertz CT molecular complexity index is 290. The van der Waals surface area contributed by atoms with Gasteiger partial charge in [-0.25, -0.2) is 9.37 Å². The highest BCUT2D eigenvalue weighted by Gasteiger charge is 2.30. The first-order valence-electron chi connectivity index (χ1n) is 3.86. The Labute approximate surface area is 75.9 Å². The first kappa shape index (κ1) is 9.85. The van der Waals surface area contributed by atoms with Gasteiger partial charge in [0.1, 0.15) is 5.69 Å². The van der Waals surface area contributed by atoms with E-state index in [-0.39, 0.29) is 18.1 Å². The van der Waals surface area contributed by atoms with Gasteiger partial charge in [0.05, 0.1) is 7.11 Å². The largest absolute Gasteiger partial charge is 0.480 e. The average Bonchev–Trinajstić information content (AvgIpc) is 2.18. The van der Waals surface area contributed by atoms with Crippen LogP contribution in [0.3, 0.4) is 0 Å². The summed E-state index contributed by atoms with van der Waals surface area (Å²) < 4.78 is 18.6. The van der Waals surface area contributed by atoms with Crippen molar-refractivity contribution in [2.75, 3.05) is 13.7 Å². The van der Waals surface area contributed by atoms with Gasteiger partial charge in [-0.1, -0.05) is 0 Å².